The van der Waals surface area contributed by atoms with E-state index in [2.05, 4.69) is 4.90 Å². The van der Waals surface area contributed by atoms with Crippen LogP contribution in [0, 0.1) is 0 Å². The van der Waals surface area contributed by atoms with Crippen LogP contribution in [-0.4, -0.2) is 31.7 Å². The van der Waals surface area contributed by atoms with Gasteiger partial charge in [-0.15, -0.1) is 0 Å². The van der Waals surface area contributed by atoms with Crippen LogP contribution in [0.3, 0.4) is 0 Å². The predicted octanol–water partition coefficient (Wildman–Crippen LogP) is -0.0407. The minimum atomic E-state index is -0.522. The molecule has 16 heavy (non-hydrogen) atoms. The van der Waals surface area contributed by atoms with Crippen LogP contribution in [0.15, 0.2) is 24.3 Å². The first kappa shape index (κ1) is 10.8. The van der Waals surface area contributed by atoms with E-state index in [1.54, 1.807) is 0 Å². The number of morpholine rings is 1. The van der Waals surface area contributed by atoms with Gasteiger partial charge in [-0.1, -0.05) is 0 Å². The molecule has 1 amide bonds. The van der Waals surface area contributed by atoms with Crippen LogP contribution >= 0.6 is 0 Å². The average Bonchev–Trinajstić information content (AvgIpc) is 2.30. The molecule has 1 fully saturated rings. The van der Waals surface area contributed by atoms with Crippen molar-refractivity contribution in [2.75, 3.05) is 30.3 Å². The number of ether oxygens (including phenoxy) is 1. The van der Waals surface area contributed by atoms with E-state index in [1.807, 2.05) is 24.3 Å². The Labute approximate surface area is 94.0 Å². The summed E-state index contributed by atoms with van der Waals surface area (Å²) in [5.41, 5.74) is 12.6. The van der Waals surface area contributed by atoms with E-state index in [4.69, 9.17) is 16.2 Å². The minimum absolute atomic E-state index is 0.417. The molecule has 1 saturated heterocycles. The predicted molar refractivity (Wildman–Crippen MR) is 62.0 cm³/mol. The monoisotopic (exact) mass is 221 g/mol. The van der Waals surface area contributed by atoms with Crippen molar-refractivity contribution < 1.29 is 9.53 Å². The third-order valence-electron chi connectivity index (χ3n) is 2.64. The molecular weight excluding hydrogens is 206 g/mol. The average molecular weight is 221 g/mol. The van der Waals surface area contributed by atoms with E-state index in [0.29, 0.717) is 13.2 Å². The zero-order valence-corrected chi connectivity index (χ0v) is 8.93. The van der Waals surface area contributed by atoms with Gasteiger partial charge in [0.2, 0.25) is 5.91 Å². The summed E-state index contributed by atoms with van der Waals surface area (Å²) in [4.78, 5) is 13.1. The van der Waals surface area contributed by atoms with E-state index in [1.165, 1.54) is 0 Å². The highest BCUT2D eigenvalue weighted by Crippen LogP contribution is 2.19. The third-order valence-corrected chi connectivity index (χ3v) is 2.64. The van der Waals surface area contributed by atoms with E-state index in [9.17, 15) is 4.79 Å². The van der Waals surface area contributed by atoms with Crippen LogP contribution < -0.4 is 16.4 Å². The minimum Gasteiger partial charge on any atom is -0.399 e. The standard InChI is InChI=1S/C11H15N3O2/c12-8-1-3-9(4-2-8)14-5-6-16-10(7-14)11(13)15/h1-4,10H,5-7,12H2,(H2,13,15). The van der Waals surface area contributed by atoms with Crippen LogP contribution in [0.1, 0.15) is 0 Å². The fourth-order valence-electron chi connectivity index (χ4n) is 1.74. The number of nitrogens with two attached hydrogens (primary N) is 2. The highest BCUT2D eigenvalue weighted by Gasteiger charge is 2.24. The molecular formula is C11H15N3O2. The van der Waals surface area contributed by atoms with Gasteiger partial charge in [0, 0.05) is 17.9 Å². The lowest BCUT2D eigenvalue weighted by molar-refractivity contribution is -0.130. The summed E-state index contributed by atoms with van der Waals surface area (Å²) < 4.78 is 5.27. The quantitative estimate of drug-likeness (QED) is 0.686. The van der Waals surface area contributed by atoms with E-state index >= 15 is 0 Å². The molecule has 0 bridgehead atoms. The highest BCUT2D eigenvalue weighted by atomic mass is 16.5. The molecule has 1 unspecified atom stereocenters. The van der Waals surface area contributed by atoms with Crippen molar-refractivity contribution in [3.63, 3.8) is 0 Å². The second kappa shape index (κ2) is 4.40. The van der Waals surface area contributed by atoms with Gasteiger partial charge in [0.1, 0.15) is 0 Å². The van der Waals surface area contributed by atoms with Gasteiger partial charge in [-0.25, -0.2) is 0 Å². The molecule has 1 aliphatic rings. The maximum atomic E-state index is 11.0. The zero-order chi connectivity index (χ0) is 11.5. The lowest BCUT2D eigenvalue weighted by atomic mass is 10.2. The molecule has 5 heteroatoms. The molecule has 5 nitrogen and oxygen atoms in total. The topological polar surface area (TPSA) is 81.6 Å². The van der Waals surface area contributed by atoms with Crippen LogP contribution in [0.2, 0.25) is 0 Å². The smallest absolute Gasteiger partial charge is 0.248 e. The molecule has 1 aromatic carbocycles. The SMILES string of the molecule is NC(=O)C1CN(c2ccc(N)cc2)CCO1. The molecule has 4 N–H and O–H groups in total. The van der Waals surface area contributed by atoms with Crippen molar-refractivity contribution in [1.82, 2.24) is 0 Å². The molecule has 0 spiro atoms. The summed E-state index contributed by atoms with van der Waals surface area (Å²) in [7, 11) is 0. The van der Waals surface area contributed by atoms with Crippen molar-refractivity contribution >= 4 is 17.3 Å². The van der Waals surface area contributed by atoms with Crippen molar-refractivity contribution in [3.05, 3.63) is 24.3 Å². The van der Waals surface area contributed by atoms with Crippen molar-refractivity contribution in [1.29, 1.82) is 0 Å². The molecule has 0 aliphatic carbocycles. The van der Waals surface area contributed by atoms with Crippen LogP contribution in [0.25, 0.3) is 0 Å². The van der Waals surface area contributed by atoms with Gasteiger partial charge in [-0.3, -0.25) is 4.79 Å². The Morgan fingerprint density at radius 3 is 2.69 bits per heavy atom. The fraction of sp³-hybridized carbons (Fsp3) is 0.364. The van der Waals surface area contributed by atoms with Gasteiger partial charge < -0.3 is 21.1 Å². The molecule has 0 aromatic heterocycles. The molecule has 86 valence electrons. The Hall–Kier alpha value is -1.75. The lowest BCUT2D eigenvalue weighted by Crippen LogP contribution is -2.48. The van der Waals surface area contributed by atoms with Crippen LogP contribution in [0.5, 0.6) is 0 Å². The number of carbonyl (C=O) groups excluding carboxylic acids is 1. The van der Waals surface area contributed by atoms with Gasteiger partial charge in [0.25, 0.3) is 0 Å². The maximum absolute atomic E-state index is 11.0. The maximum Gasteiger partial charge on any atom is 0.248 e. The van der Waals surface area contributed by atoms with E-state index < -0.39 is 12.0 Å². The van der Waals surface area contributed by atoms with Gasteiger partial charge in [0.05, 0.1) is 13.2 Å². The molecule has 1 aromatic rings. The molecule has 1 aliphatic heterocycles. The Kier molecular flexibility index (Phi) is 2.96. The lowest BCUT2D eigenvalue weighted by Gasteiger charge is -2.33. The first-order valence-corrected chi connectivity index (χ1v) is 5.18. The Morgan fingerprint density at radius 1 is 1.38 bits per heavy atom. The van der Waals surface area contributed by atoms with Gasteiger partial charge in [-0.2, -0.15) is 0 Å². The summed E-state index contributed by atoms with van der Waals surface area (Å²) in [5.74, 6) is -0.417. The normalized spacial score (nSPS) is 20.8. The number of hydrogen-bond donors (Lipinski definition) is 2. The number of anilines is 2. The van der Waals surface area contributed by atoms with E-state index in [0.717, 1.165) is 17.9 Å². The summed E-state index contributed by atoms with van der Waals surface area (Å²) in [6.07, 6.45) is -0.522. The first-order valence-electron chi connectivity index (χ1n) is 5.18. The van der Waals surface area contributed by atoms with E-state index in [-0.39, 0.29) is 0 Å². The number of nitrogen functional groups attached to an aromatic ring is 1. The molecule has 2 rings (SSSR count). The van der Waals surface area contributed by atoms with Crippen molar-refractivity contribution in [2.24, 2.45) is 5.73 Å². The molecule has 0 radical (unpaired) electrons. The molecule has 0 saturated carbocycles. The summed E-state index contributed by atoms with van der Waals surface area (Å²) in [5, 5.41) is 0. The summed E-state index contributed by atoms with van der Waals surface area (Å²) >= 11 is 0. The third kappa shape index (κ3) is 2.25. The zero-order valence-electron chi connectivity index (χ0n) is 8.93. The number of rotatable bonds is 2. The van der Waals surface area contributed by atoms with Crippen LogP contribution in [0.4, 0.5) is 11.4 Å². The highest BCUT2D eigenvalue weighted by molar-refractivity contribution is 5.79. The summed E-state index contributed by atoms with van der Waals surface area (Å²) in [6, 6.07) is 7.53. The Balaban J connectivity index is 2.09. The van der Waals surface area contributed by atoms with Gasteiger partial charge >= 0.3 is 0 Å². The number of hydrogen-bond acceptors (Lipinski definition) is 4. The number of benzene rings is 1. The number of carbonyl (C=O) groups is 1. The second-order valence-corrected chi connectivity index (χ2v) is 3.80. The fourth-order valence-corrected chi connectivity index (χ4v) is 1.74. The molecule has 1 heterocycles. The summed E-state index contributed by atoms with van der Waals surface area (Å²) in [6.45, 7) is 1.77. The van der Waals surface area contributed by atoms with Crippen molar-refractivity contribution in [3.8, 4) is 0 Å². The number of amides is 1. The second-order valence-electron chi connectivity index (χ2n) is 3.80. The number of nitrogens with zero attached hydrogens (tertiary/aromatic N) is 1. The Morgan fingerprint density at radius 2 is 2.06 bits per heavy atom. The van der Waals surface area contributed by atoms with Crippen LogP contribution in [-0.2, 0) is 9.53 Å². The molecule has 1 atom stereocenters. The number of primary amides is 1. The Bertz CT molecular complexity index is 377. The van der Waals surface area contributed by atoms with Gasteiger partial charge in [-0.05, 0) is 24.3 Å². The largest absolute Gasteiger partial charge is 0.399 e. The van der Waals surface area contributed by atoms with Crippen molar-refractivity contribution in [2.45, 2.75) is 6.10 Å². The van der Waals surface area contributed by atoms with Gasteiger partial charge in [0.15, 0.2) is 6.10 Å². The first-order chi connectivity index (χ1) is 7.66.